The molecule has 0 spiro atoms. The van der Waals surface area contributed by atoms with Crippen LogP contribution in [0.3, 0.4) is 0 Å². The first kappa shape index (κ1) is 13.0. The summed E-state index contributed by atoms with van der Waals surface area (Å²) in [5, 5.41) is 1.48. The van der Waals surface area contributed by atoms with E-state index in [2.05, 4.69) is 0 Å². The van der Waals surface area contributed by atoms with Crippen LogP contribution in [0, 0.1) is 6.92 Å². The highest BCUT2D eigenvalue weighted by atomic mass is 15.4. The molecule has 19 heavy (non-hydrogen) atoms. The van der Waals surface area contributed by atoms with Gasteiger partial charge in [-0.15, -0.1) is 0 Å². The van der Waals surface area contributed by atoms with Crippen molar-refractivity contribution in [2.24, 2.45) is 5.84 Å². The van der Waals surface area contributed by atoms with Crippen molar-refractivity contribution in [2.75, 3.05) is 29.3 Å². The van der Waals surface area contributed by atoms with Crippen molar-refractivity contribution in [3.8, 4) is 11.1 Å². The lowest BCUT2D eigenvalue weighted by Crippen LogP contribution is -2.27. The third kappa shape index (κ3) is 2.28. The second-order valence-corrected chi connectivity index (χ2v) is 4.65. The lowest BCUT2D eigenvalue weighted by atomic mass is 9.98. The normalized spacial score (nSPS) is 10.5. The summed E-state index contributed by atoms with van der Waals surface area (Å²) < 4.78 is 0. The maximum Gasteiger partial charge on any atom is 0.0808 e. The molecular weight excluding hydrogens is 238 g/mol. The van der Waals surface area contributed by atoms with Gasteiger partial charge >= 0.3 is 0 Å². The van der Waals surface area contributed by atoms with Gasteiger partial charge in [0.25, 0.3) is 0 Å². The smallest absolute Gasteiger partial charge is 0.0808 e. The van der Waals surface area contributed by atoms with Crippen LogP contribution in [-0.2, 0) is 0 Å². The number of aryl methyl sites for hydroxylation is 1. The van der Waals surface area contributed by atoms with Crippen molar-refractivity contribution >= 4 is 22.7 Å². The molecule has 5 nitrogen and oxygen atoms in total. The molecule has 2 aromatic carbocycles. The average Bonchev–Trinajstić information content (AvgIpc) is 2.34. The Balaban J connectivity index is 2.63. The third-order valence-electron chi connectivity index (χ3n) is 3.14. The summed E-state index contributed by atoms with van der Waals surface area (Å²) in [5.74, 6) is 5.77. The van der Waals surface area contributed by atoms with Crippen LogP contribution in [0.25, 0.3) is 11.1 Å². The predicted molar refractivity (Wildman–Crippen MR) is 82.4 cm³/mol. The van der Waals surface area contributed by atoms with Gasteiger partial charge in [-0.2, -0.15) is 0 Å². The van der Waals surface area contributed by atoms with Crippen molar-refractivity contribution < 1.29 is 0 Å². The van der Waals surface area contributed by atoms with E-state index in [1.54, 1.807) is 7.05 Å². The highest BCUT2D eigenvalue weighted by molar-refractivity contribution is 5.93. The number of nitrogens with zero attached hydrogens (tertiary/aromatic N) is 1. The molecule has 0 saturated carbocycles. The van der Waals surface area contributed by atoms with Gasteiger partial charge < -0.3 is 22.2 Å². The number of anilines is 4. The van der Waals surface area contributed by atoms with Gasteiger partial charge in [0.1, 0.15) is 0 Å². The number of benzene rings is 2. The van der Waals surface area contributed by atoms with Gasteiger partial charge in [0, 0.05) is 18.3 Å². The van der Waals surface area contributed by atoms with Gasteiger partial charge in [-0.05, 0) is 36.2 Å². The molecule has 0 fully saturated rings. The van der Waals surface area contributed by atoms with E-state index in [-0.39, 0.29) is 0 Å². The zero-order chi connectivity index (χ0) is 14.2. The topological polar surface area (TPSA) is 107 Å². The molecule has 0 radical (unpaired) electrons. The molecule has 5 heteroatoms. The molecule has 8 N–H and O–H groups in total. The number of hydrazine groups is 1. The molecule has 0 bridgehead atoms. The van der Waals surface area contributed by atoms with Crippen LogP contribution in [0.4, 0.5) is 22.7 Å². The van der Waals surface area contributed by atoms with Crippen molar-refractivity contribution in [1.29, 1.82) is 0 Å². The first-order chi connectivity index (χ1) is 8.91. The highest BCUT2D eigenvalue weighted by Gasteiger charge is 2.14. The lowest BCUT2D eigenvalue weighted by molar-refractivity contribution is 1.01. The molecule has 2 aromatic rings. The van der Waals surface area contributed by atoms with Gasteiger partial charge in [-0.1, -0.05) is 12.1 Å². The van der Waals surface area contributed by atoms with Crippen LogP contribution in [0.15, 0.2) is 30.3 Å². The minimum Gasteiger partial charge on any atom is -0.399 e. The first-order valence-electron chi connectivity index (χ1n) is 5.94. The van der Waals surface area contributed by atoms with E-state index in [0.29, 0.717) is 17.1 Å². The summed E-state index contributed by atoms with van der Waals surface area (Å²) >= 11 is 0. The third-order valence-corrected chi connectivity index (χ3v) is 3.14. The standard InChI is InChI=1S/C14H19N5/c1-8-7-11(9-3-5-10(15)6-4-9)12(16)13(17)14(8)19(2)18/h3-7H,15-18H2,1-2H3. The van der Waals surface area contributed by atoms with Crippen LogP contribution in [0.1, 0.15) is 5.56 Å². The number of nitrogen functional groups attached to an aromatic ring is 3. The molecule has 0 saturated heterocycles. The highest BCUT2D eigenvalue weighted by Crippen LogP contribution is 2.38. The summed E-state index contributed by atoms with van der Waals surface area (Å²) in [5.41, 5.74) is 23.2. The summed E-state index contributed by atoms with van der Waals surface area (Å²) in [7, 11) is 1.74. The number of hydrogen-bond donors (Lipinski definition) is 4. The van der Waals surface area contributed by atoms with Crippen LogP contribution < -0.4 is 28.1 Å². The van der Waals surface area contributed by atoms with E-state index in [1.807, 2.05) is 37.3 Å². The minimum atomic E-state index is 0.497. The van der Waals surface area contributed by atoms with E-state index in [9.17, 15) is 0 Å². The lowest BCUT2D eigenvalue weighted by Gasteiger charge is -2.21. The Kier molecular flexibility index (Phi) is 3.23. The van der Waals surface area contributed by atoms with Crippen molar-refractivity contribution in [3.05, 3.63) is 35.9 Å². The molecule has 0 aliphatic carbocycles. The van der Waals surface area contributed by atoms with Gasteiger partial charge in [0.05, 0.1) is 17.1 Å². The Bertz CT molecular complexity index is 602. The quantitative estimate of drug-likeness (QED) is 0.372. The second kappa shape index (κ2) is 4.70. The zero-order valence-electron chi connectivity index (χ0n) is 11.1. The van der Waals surface area contributed by atoms with Crippen LogP contribution in [0.5, 0.6) is 0 Å². The largest absolute Gasteiger partial charge is 0.399 e. The molecule has 0 aliphatic heterocycles. The molecule has 0 aromatic heterocycles. The van der Waals surface area contributed by atoms with Gasteiger partial charge in [0.15, 0.2) is 0 Å². The fraction of sp³-hybridized carbons (Fsp3) is 0.143. The van der Waals surface area contributed by atoms with Gasteiger partial charge in [-0.3, -0.25) is 0 Å². The predicted octanol–water partition coefficient (Wildman–Crippen LogP) is 1.72. The second-order valence-electron chi connectivity index (χ2n) is 4.65. The van der Waals surface area contributed by atoms with E-state index in [1.165, 1.54) is 5.01 Å². The van der Waals surface area contributed by atoms with Crippen LogP contribution in [-0.4, -0.2) is 7.05 Å². The average molecular weight is 257 g/mol. The maximum atomic E-state index is 6.12. The molecule has 100 valence electrons. The Morgan fingerprint density at radius 1 is 0.947 bits per heavy atom. The Morgan fingerprint density at radius 2 is 1.53 bits per heavy atom. The molecule has 0 amide bonds. The van der Waals surface area contributed by atoms with Crippen LogP contribution >= 0.6 is 0 Å². The minimum absolute atomic E-state index is 0.497. The maximum absolute atomic E-state index is 6.12. The summed E-state index contributed by atoms with van der Waals surface area (Å²) in [6.07, 6.45) is 0. The molecule has 0 atom stereocenters. The van der Waals surface area contributed by atoms with E-state index in [4.69, 9.17) is 23.0 Å². The number of nitrogens with two attached hydrogens (primary N) is 4. The number of hydrogen-bond acceptors (Lipinski definition) is 5. The van der Waals surface area contributed by atoms with E-state index < -0.39 is 0 Å². The Hall–Kier alpha value is -2.40. The zero-order valence-corrected chi connectivity index (χ0v) is 11.1. The first-order valence-corrected chi connectivity index (χ1v) is 5.94. The molecule has 0 unspecified atom stereocenters. The Labute approximate surface area is 112 Å². The molecule has 2 rings (SSSR count). The molecule has 0 aliphatic rings. The van der Waals surface area contributed by atoms with Crippen molar-refractivity contribution in [3.63, 3.8) is 0 Å². The van der Waals surface area contributed by atoms with E-state index in [0.717, 1.165) is 22.4 Å². The monoisotopic (exact) mass is 257 g/mol. The van der Waals surface area contributed by atoms with Crippen LogP contribution in [0.2, 0.25) is 0 Å². The SMILES string of the molecule is Cc1cc(-c2ccc(N)cc2)c(N)c(N)c1N(C)N. The Morgan fingerprint density at radius 3 is 2.05 bits per heavy atom. The summed E-state index contributed by atoms with van der Waals surface area (Å²) in [4.78, 5) is 0. The van der Waals surface area contributed by atoms with Crippen molar-refractivity contribution in [2.45, 2.75) is 6.92 Å². The van der Waals surface area contributed by atoms with E-state index >= 15 is 0 Å². The van der Waals surface area contributed by atoms with Gasteiger partial charge in [0.2, 0.25) is 0 Å². The fourth-order valence-corrected chi connectivity index (χ4v) is 2.22. The van der Waals surface area contributed by atoms with Crippen molar-refractivity contribution in [1.82, 2.24) is 0 Å². The van der Waals surface area contributed by atoms with Gasteiger partial charge in [-0.25, -0.2) is 5.84 Å². The summed E-state index contributed by atoms with van der Waals surface area (Å²) in [6, 6.07) is 9.50. The molecular formula is C14H19N5. The number of rotatable bonds is 2. The molecule has 0 heterocycles. The summed E-state index contributed by atoms with van der Waals surface area (Å²) in [6.45, 7) is 1.95. The fourth-order valence-electron chi connectivity index (χ4n) is 2.22.